The third kappa shape index (κ3) is 2.71. The molecule has 3 aromatic rings. The molecule has 2 aliphatic carbocycles. The second-order valence-electron chi connectivity index (χ2n) is 8.17. The Bertz CT molecular complexity index is 1050. The van der Waals surface area contributed by atoms with E-state index in [2.05, 4.69) is 23.1 Å². The Morgan fingerprint density at radius 3 is 2.82 bits per heavy atom. The van der Waals surface area contributed by atoms with Gasteiger partial charge in [-0.3, -0.25) is 9.78 Å². The Balaban J connectivity index is 1.44. The molecule has 140 valence electrons. The Kier molecular flexibility index (Phi) is 4.00. The molecule has 0 amide bonds. The summed E-state index contributed by atoms with van der Waals surface area (Å²) in [6, 6.07) is 13.6. The first-order valence-corrected chi connectivity index (χ1v) is 9.92. The highest BCUT2D eigenvalue weighted by Gasteiger charge is 2.46. The molecule has 1 saturated carbocycles. The Morgan fingerprint density at radius 1 is 1.18 bits per heavy atom. The molecule has 0 spiro atoms. The Morgan fingerprint density at radius 2 is 2.04 bits per heavy atom. The summed E-state index contributed by atoms with van der Waals surface area (Å²) in [6.45, 7) is 2.33. The van der Waals surface area contributed by atoms with Crippen LogP contribution in [0.2, 0.25) is 0 Å². The van der Waals surface area contributed by atoms with Gasteiger partial charge < -0.3 is 0 Å². The maximum Gasteiger partial charge on any atom is 0.163 e. The molecule has 2 aromatic heterocycles. The third-order valence-corrected chi connectivity index (χ3v) is 6.57. The van der Waals surface area contributed by atoms with Crippen LogP contribution in [0, 0.1) is 11.3 Å². The minimum atomic E-state index is 0.0419. The van der Waals surface area contributed by atoms with Gasteiger partial charge in [-0.15, -0.1) is 0 Å². The van der Waals surface area contributed by atoms with E-state index in [0.29, 0.717) is 12.3 Å². The molecule has 0 aliphatic heterocycles. The molecule has 2 atom stereocenters. The minimum Gasteiger partial charge on any atom is -0.294 e. The van der Waals surface area contributed by atoms with Crippen molar-refractivity contribution in [2.75, 3.05) is 0 Å². The molecule has 0 saturated heterocycles. The summed E-state index contributed by atoms with van der Waals surface area (Å²) in [4.78, 5) is 17.0. The highest BCUT2D eigenvalue weighted by Crippen LogP contribution is 2.54. The summed E-state index contributed by atoms with van der Waals surface area (Å²) in [7, 11) is 0. The number of nitrogens with zero attached hydrogens (tertiary/aromatic N) is 3. The minimum absolute atomic E-state index is 0.0419. The van der Waals surface area contributed by atoms with E-state index in [9.17, 15) is 4.79 Å². The standard InChI is InChI=1S/C24H23N3O/c1-24-14-18-15-26-27(21-8-5-11-25-16-21)22(18)12-19(24)9-10-20(24)13-23(28)17-6-3-2-4-7-17/h2-8,11-12,15-16,20H,9-10,13-14H2,1H3/t20-,24?/m1/s1. The summed E-state index contributed by atoms with van der Waals surface area (Å²) in [5.41, 5.74) is 5.73. The van der Waals surface area contributed by atoms with Gasteiger partial charge >= 0.3 is 0 Å². The van der Waals surface area contributed by atoms with Crippen molar-refractivity contribution in [3.05, 3.63) is 83.4 Å². The van der Waals surface area contributed by atoms with Crippen LogP contribution in [0.25, 0.3) is 11.8 Å². The summed E-state index contributed by atoms with van der Waals surface area (Å²) >= 11 is 0. The van der Waals surface area contributed by atoms with E-state index in [1.165, 1.54) is 11.1 Å². The van der Waals surface area contributed by atoms with Crippen molar-refractivity contribution < 1.29 is 4.79 Å². The molecule has 0 bridgehead atoms. The predicted molar refractivity (Wildman–Crippen MR) is 109 cm³/mol. The Labute approximate surface area is 164 Å². The monoisotopic (exact) mass is 369 g/mol. The van der Waals surface area contributed by atoms with Gasteiger partial charge in [0.1, 0.15) is 0 Å². The van der Waals surface area contributed by atoms with Gasteiger partial charge in [0.15, 0.2) is 5.78 Å². The van der Waals surface area contributed by atoms with E-state index >= 15 is 0 Å². The topological polar surface area (TPSA) is 47.8 Å². The summed E-state index contributed by atoms with van der Waals surface area (Å²) in [6.07, 6.45) is 11.6. The molecule has 0 N–H and O–H groups in total. The van der Waals surface area contributed by atoms with Gasteiger partial charge in [-0.1, -0.05) is 42.8 Å². The van der Waals surface area contributed by atoms with E-state index in [1.54, 1.807) is 6.20 Å². The molecule has 4 nitrogen and oxygen atoms in total. The number of Topliss-reactive ketones (excluding diaryl/α,β-unsaturated/α-hetero) is 1. The van der Waals surface area contributed by atoms with Crippen LogP contribution in [0.5, 0.6) is 0 Å². The lowest BCUT2D eigenvalue weighted by atomic mass is 9.68. The number of ketones is 1. The second-order valence-corrected chi connectivity index (χ2v) is 8.17. The van der Waals surface area contributed by atoms with Crippen molar-refractivity contribution in [1.82, 2.24) is 14.8 Å². The second kappa shape index (κ2) is 6.55. The van der Waals surface area contributed by atoms with Crippen LogP contribution >= 0.6 is 0 Å². The van der Waals surface area contributed by atoms with E-state index in [1.807, 2.05) is 59.5 Å². The van der Waals surface area contributed by atoms with Crippen LogP contribution < -0.4 is 0 Å². The maximum absolute atomic E-state index is 12.8. The van der Waals surface area contributed by atoms with Gasteiger partial charge in [0.05, 0.1) is 23.8 Å². The summed E-state index contributed by atoms with van der Waals surface area (Å²) in [5.74, 6) is 0.631. The Hall–Kier alpha value is -3.01. The molecule has 1 fully saturated rings. The van der Waals surface area contributed by atoms with Gasteiger partial charge in [0.2, 0.25) is 0 Å². The lowest BCUT2D eigenvalue weighted by Crippen LogP contribution is -2.30. The van der Waals surface area contributed by atoms with Crippen molar-refractivity contribution in [1.29, 1.82) is 0 Å². The quantitative estimate of drug-likeness (QED) is 0.615. The number of aromatic nitrogens is 3. The lowest BCUT2D eigenvalue weighted by molar-refractivity contribution is 0.0930. The van der Waals surface area contributed by atoms with Gasteiger partial charge in [-0.05, 0) is 54.4 Å². The van der Waals surface area contributed by atoms with Gasteiger partial charge in [-0.25, -0.2) is 4.68 Å². The molecule has 1 unspecified atom stereocenters. The third-order valence-electron chi connectivity index (χ3n) is 6.57. The fourth-order valence-corrected chi connectivity index (χ4v) is 4.91. The molecular weight excluding hydrogens is 346 g/mol. The fourth-order valence-electron chi connectivity index (χ4n) is 4.91. The van der Waals surface area contributed by atoms with E-state index in [-0.39, 0.29) is 11.2 Å². The van der Waals surface area contributed by atoms with E-state index in [0.717, 1.165) is 36.2 Å². The van der Waals surface area contributed by atoms with Crippen LogP contribution in [0.3, 0.4) is 0 Å². The molecule has 2 heterocycles. The normalized spacial score (nSPS) is 23.0. The van der Waals surface area contributed by atoms with Crippen LogP contribution in [0.15, 0.2) is 66.6 Å². The molecular formula is C24H23N3O. The molecule has 5 rings (SSSR count). The number of hydrogen-bond acceptors (Lipinski definition) is 3. The molecule has 1 aromatic carbocycles. The number of carbonyl (C=O) groups is 1. The zero-order valence-electron chi connectivity index (χ0n) is 16.0. The number of hydrogen-bond donors (Lipinski definition) is 0. The summed E-state index contributed by atoms with van der Waals surface area (Å²) in [5, 5.41) is 4.63. The summed E-state index contributed by atoms with van der Waals surface area (Å²) < 4.78 is 1.98. The highest BCUT2D eigenvalue weighted by molar-refractivity contribution is 5.96. The van der Waals surface area contributed by atoms with Crippen molar-refractivity contribution in [2.24, 2.45) is 11.3 Å². The van der Waals surface area contributed by atoms with E-state index in [4.69, 9.17) is 0 Å². The number of fused-ring (bicyclic) bond motifs is 2. The molecule has 4 heteroatoms. The van der Waals surface area contributed by atoms with Crippen molar-refractivity contribution in [2.45, 2.75) is 32.6 Å². The fraction of sp³-hybridized carbons (Fsp3) is 0.292. The van der Waals surface area contributed by atoms with Crippen LogP contribution in [0.1, 0.15) is 47.8 Å². The van der Waals surface area contributed by atoms with Gasteiger partial charge in [0.25, 0.3) is 0 Å². The number of benzene rings is 1. The zero-order chi connectivity index (χ0) is 19.1. The molecule has 28 heavy (non-hydrogen) atoms. The zero-order valence-corrected chi connectivity index (χ0v) is 16.0. The van der Waals surface area contributed by atoms with Gasteiger partial charge in [0, 0.05) is 18.2 Å². The number of carbonyl (C=O) groups excluding carboxylic acids is 1. The molecule has 0 radical (unpaired) electrons. The van der Waals surface area contributed by atoms with Crippen LogP contribution in [0.4, 0.5) is 0 Å². The smallest absolute Gasteiger partial charge is 0.163 e. The SMILES string of the molecule is CC12Cc3cnn(-c4cccnc4)c3C=C1CC[C@@H]2CC(=O)c1ccccc1. The number of allylic oxidation sites excluding steroid dienone is 1. The largest absolute Gasteiger partial charge is 0.294 e. The van der Waals surface area contributed by atoms with Crippen molar-refractivity contribution >= 4 is 11.9 Å². The molecule has 2 aliphatic rings. The van der Waals surface area contributed by atoms with Gasteiger partial charge in [-0.2, -0.15) is 5.10 Å². The average Bonchev–Trinajstić information content (AvgIpc) is 3.27. The average molecular weight is 369 g/mol. The first-order chi connectivity index (χ1) is 13.6. The highest BCUT2D eigenvalue weighted by atomic mass is 16.1. The first-order valence-electron chi connectivity index (χ1n) is 9.92. The number of rotatable bonds is 4. The van der Waals surface area contributed by atoms with E-state index < -0.39 is 0 Å². The van der Waals surface area contributed by atoms with Crippen LogP contribution in [-0.2, 0) is 6.42 Å². The number of pyridine rings is 1. The van der Waals surface area contributed by atoms with Crippen molar-refractivity contribution in [3.63, 3.8) is 0 Å². The van der Waals surface area contributed by atoms with Crippen molar-refractivity contribution in [3.8, 4) is 5.69 Å². The lowest BCUT2D eigenvalue weighted by Gasteiger charge is -2.35. The van der Waals surface area contributed by atoms with Crippen LogP contribution in [-0.4, -0.2) is 20.5 Å². The maximum atomic E-state index is 12.8. The predicted octanol–water partition coefficient (Wildman–Crippen LogP) is 4.90. The first kappa shape index (κ1) is 17.1.